The molecule has 2 aromatic rings. The summed E-state index contributed by atoms with van der Waals surface area (Å²) in [5, 5.41) is 2.75. The minimum atomic E-state index is -4.41. The van der Waals surface area contributed by atoms with Crippen LogP contribution in [0.1, 0.15) is 16.7 Å². The topological polar surface area (TPSA) is 41.6 Å². The van der Waals surface area contributed by atoms with Crippen LogP contribution in [-0.4, -0.2) is 31.5 Å². The van der Waals surface area contributed by atoms with Gasteiger partial charge in [0.1, 0.15) is 5.75 Å². The number of para-hydroxylation sites is 1. The Bertz CT molecular complexity index is 748. The molecule has 0 aliphatic carbocycles. The smallest absolute Gasteiger partial charge is 0.416 e. The predicted molar refractivity (Wildman–Crippen MR) is 92.6 cm³/mol. The normalized spacial score (nSPS) is 11.5. The number of hydrogen-bond donors (Lipinski definition) is 1. The molecule has 0 fully saturated rings. The molecule has 0 aromatic heterocycles. The summed E-state index contributed by atoms with van der Waals surface area (Å²) >= 11 is 0. The van der Waals surface area contributed by atoms with Gasteiger partial charge in [-0.1, -0.05) is 36.4 Å². The number of nitrogens with one attached hydrogen (secondary N) is 1. The highest BCUT2D eigenvalue weighted by molar-refractivity contribution is 5.78. The molecule has 1 N–H and O–H groups in total. The molecule has 0 heterocycles. The lowest BCUT2D eigenvalue weighted by Gasteiger charge is -2.19. The van der Waals surface area contributed by atoms with Crippen LogP contribution in [0.4, 0.5) is 13.2 Å². The van der Waals surface area contributed by atoms with Gasteiger partial charge in [0.25, 0.3) is 0 Å². The molecule has 1 amide bonds. The Morgan fingerprint density at radius 1 is 1.08 bits per heavy atom. The van der Waals surface area contributed by atoms with Crippen LogP contribution in [0.5, 0.6) is 5.75 Å². The fraction of sp³-hybridized carbons (Fsp3) is 0.316. The number of carbonyl (C=O) groups is 1. The van der Waals surface area contributed by atoms with Crippen LogP contribution in [-0.2, 0) is 24.1 Å². The second kappa shape index (κ2) is 8.71. The van der Waals surface area contributed by atoms with E-state index in [1.165, 1.54) is 12.1 Å². The summed E-state index contributed by atoms with van der Waals surface area (Å²) in [6.07, 6.45) is -4.41. The highest BCUT2D eigenvalue weighted by Gasteiger charge is 2.33. The molecule has 2 rings (SSSR count). The summed E-state index contributed by atoms with van der Waals surface area (Å²) in [5.41, 5.74) is 0.287. The fourth-order valence-electron chi connectivity index (χ4n) is 2.63. The van der Waals surface area contributed by atoms with Crippen LogP contribution in [0.2, 0.25) is 0 Å². The van der Waals surface area contributed by atoms with E-state index in [0.717, 1.165) is 11.6 Å². The van der Waals surface area contributed by atoms with Crippen molar-refractivity contribution in [3.05, 3.63) is 65.2 Å². The van der Waals surface area contributed by atoms with E-state index < -0.39 is 11.7 Å². The summed E-state index contributed by atoms with van der Waals surface area (Å²) in [6, 6.07) is 12.7. The zero-order valence-corrected chi connectivity index (χ0v) is 14.6. The average Bonchev–Trinajstić information content (AvgIpc) is 2.59. The number of amides is 1. The number of rotatable bonds is 7. The third-order valence-electron chi connectivity index (χ3n) is 3.85. The number of alkyl halides is 3. The van der Waals surface area contributed by atoms with Crippen LogP contribution in [0.15, 0.2) is 48.5 Å². The predicted octanol–water partition coefficient (Wildman–Crippen LogP) is 3.46. The largest absolute Gasteiger partial charge is 0.496 e. The number of benzene rings is 2. The van der Waals surface area contributed by atoms with E-state index in [0.29, 0.717) is 5.75 Å². The maximum Gasteiger partial charge on any atom is 0.416 e. The minimum absolute atomic E-state index is 0.0126. The monoisotopic (exact) mass is 366 g/mol. The van der Waals surface area contributed by atoms with E-state index in [2.05, 4.69) is 5.32 Å². The number of methoxy groups -OCH3 is 1. The molecule has 4 nitrogen and oxygen atoms in total. The molecule has 0 atom stereocenters. The van der Waals surface area contributed by atoms with Crippen molar-refractivity contribution in [2.75, 3.05) is 20.7 Å². The Labute approximate surface area is 150 Å². The number of likely N-dealkylation sites (N-methyl/N-ethyl adjacent to an activating group) is 1. The van der Waals surface area contributed by atoms with Gasteiger partial charge in [-0.3, -0.25) is 9.69 Å². The van der Waals surface area contributed by atoms with Crippen LogP contribution >= 0.6 is 0 Å². The summed E-state index contributed by atoms with van der Waals surface area (Å²) in [5.74, 6) is 0.392. The Kier molecular flexibility index (Phi) is 6.63. The van der Waals surface area contributed by atoms with Gasteiger partial charge in [-0.15, -0.1) is 0 Å². The van der Waals surface area contributed by atoms with Crippen molar-refractivity contribution in [2.45, 2.75) is 19.3 Å². The van der Waals surface area contributed by atoms with Gasteiger partial charge in [0.05, 0.1) is 19.2 Å². The molecule has 0 saturated heterocycles. The van der Waals surface area contributed by atoms with Crippen LogP contribution in [0.3, 0.4) is 0 Å². The van der Waals surface area contributed by atoms with Crippen molar-refractivity contribution in [2.24, 2.45) is 0 Å². The van der Waals surface area contributed by atoms with Crippen molar-refractivity contribution < 1.29 is 22.7 Å². The van der Waals surface area contributed by atoms with Gasteiger partial charge in [-0.05, 0) is 24.7 Å². The Morgan fingerprint density at radius 2 is 1.69 bits per heavy atom. The number of halogens is 3. The molecule has 0 unspecified atom stereocenters. The van der Waals surface area contributed by atoms with Gasteiger partial charge in [-0.2, -0.15) is 13.2 Å². The first-order valence-electron chi connectivity index (χ1n) is 8.03. The second-order valence-corrected chi connectivity index (χ2v) is 5.92. The van der Waals surface area contributed by atoms with Gasteiger partial charge < -0.3 is 10.1 Å². The quantitative estimate of drug-likeness (QED) is 0.816. The van der Waals surface area contributed by atoms with Gasteiger partial charge in [-0.25, -0.2) is 0 Å². The maximum absolute atomic E-state index is 13.0. The lowest BCUT2D eigenvalue weighted by atomic mass is 10.1. The molecule has 7 heteroatoms. The first-order valence-corrected chi connectivity index (χ1v) is 8.03. The summed E-state index contributed by atoms with van der Waals surface area (Å²) in [4.78, 5) is 13.6. The lowest BCUT2D eigenvalue weighted by Crippen LogP contribution is -2.35. The molecule has 0 radical (unpaired) electrons. The van der Waals surface area contributed by atoms with E-state index in [1.807, 2.05) is 18.2 Å². The standard InChI is InChI=1S/C19H21F3N2O2/c1-24(12-15-8-3-5-9-16(15)19(20,21)22)13-18(25)23-11-14-7-4-6-10-17(14)26-2/h3-10H,11-13H2,1-2H3,(H,23,25). The van der Waals surface area contributed by atoms with Gasteiger partial charge in [0, 0.05) is 18.7 Å². The van der Waals surface area contributed by atoms with E-state index >= 15 is 0 Å². The van der Waals surface area contributed by atoms with E-state index in [1.54, 1.807) is 31.2 Å². The fourth-order valence-corrected chi connectivity index (χ4v) is 2.63. The Hall–Kier alpha value is -2.54. The average molecular weight is 366 g/mol. The van der Waals surface area contributed by atoms with Crippen molar-refractivity contribution in [3.8, 4) is 5.75 Å². The number of nitrogens with zero attached hydrogens (tertiary/aromatic N) is 1. The molecular formula is C19H21F3N2O2. The van der Waals surface area contributed by atoms with Gasteiger partial charge >= 0.3 is 6.18 Å². The molecule has 140 valence electrons. The van der Waals surface area contributed by atoms with E-state index in [4.69, 9.17) is 4.74 Å². The van der Waals surface area contributed by atoms with Crippen LogP contribution in [0.25, 0.3) is 0 Å². The first-order chi connectivity index (χ1) is 12.3. The third-order valence-corrected chi connectivity index (χ3v) is 3.85. The summed E-state index contributed by atoms with van der Waals surface area (Å²) in [6.45, 7) is 0.301. The van der Waals surface area contributed by atoms with Gasteiger partial charge in [0.15, 0.2) is 0 Å². The number of carbonyl (C=O) groups excluding carboxylic acids is 1. The van der Waals surface area contributed by atoms with Gasteiger partial charge in [0.2, 0.25) is 5.91 Å². The molecule has 0 saturated carbocycles. The lowest BCUT2D eigenvalue weighted by molar-refractivity contribution is -0.138. The zero-order valence-electron chi connectivity index (χ0n) is 14.6. The van der Waals surface area contributed by atoms with Crippen LogP contribution < -0.4 is 10.1 Å². The minimum Gasteiger partial charge on any atom is -0.496 e. The molecule has 0 spiro atoms. The Balaban J connectivity index is 1.92. The van der Waals surface area contributed by atoms with Crippen LogP contribution in [0, 0.1) is 0 Å². The SMILES string of the molecule is COc1ccccc1CNC(=O)CN(C)Cc1ccccc1C(F)(F)F. The molecule has 0 aliphatic rings. The summed E-state index contributed by atoms with van der Waals surface area (Å²) in [7, 11) is 3.16. The maximum atomic E-state index is 13.0. The van der Waals surface area contributed by atoms with Crippen molar-refractivity contribution in [1.82, 2.24) is 10.2 Å². The van der Waals surface area contributed by atoms with Crippen molar-refractivity contribution in [3.63, 3.8) is 0 Å². The van der Waals surface area contributed by atoms with E-state index in [9.17, 15) is 18.0 Å². The Morgan fingerprint density at radius 3 is 2.35 bits per heavy atom. The van der Waals surface area contributed by atoms with Crippen molar-refractivity contribution in [1.29, 1.82) is 0 Å². The second-order valence-electron chi connectivity index (χ2n) is 5.92. The molecule has 0 aliphatic heterocycles. The number of ether oxygens (including phenoxy) is 1. The molecular weight excluding hydrogens is 345 g/mol. The third kappa shape index (κ3) is 5.49. The molecule has 26 heavy (non-hydrogen) atoms. The summed E-state index contributed by atoms with van der Waals surface area (Å²) < 4.78 is 44.3. The highest BCUT2D eigenvalue weighted by Crippen LogP contribution is 2.32. The number of hydrogen-bond acceptors (Lipinski definition) is 3. The molecule has 0 bridgehead atoms. The highest BCUT2D eigenvalue weighted by atomic mass is 19.4. The molecule has 2 aromatic carbocycles. The van der Waals surface area contributed by atoms with Crippen molar-refractivity contribution >= 4 is 5.91 Å². The first kappa shape index (κ1) is 19.8. The zero-order chi connectivity index (χ0) is 19.2. The van der Waals surface area contributed by atoms with E-state index in [-0.39, 0.29) is 31.1 Å².